The van der Waals surface area contributed by atoms with Crippen molar-refractivity contribution >= 4 is 16.6 Å². The van der Waals surface area contributed by atoms with E-state index in [1.165, 1.54) is 0 Å². The predicted molar refractivity (Wildman–Crippen MR) is 56.8 cm³/mol. The van der Waals surface area contributed by atoms with E-state index in [0.29, 0.717) is 5.88 Å². The van der Waals surface area contributed by atoms with Crippen molar-refractivity contribution in [2.45, 2.75) is 0 Å². The van der Waals surface area contributed by atoms with Crippen LogP contribution in [-0.4, -0.2) is 23.9 Å². The fourth-order valence-electron chi connectivity index (χ4n) is 1.54. The minimum absolute atomic E-state index is 0.666. The van der Waals surface area contributed by atoms with Crippen LogP contribution in [0, 0.1) is 0 Å². The molecule has 0 aliphatic carbocycles. The first-order valence-corrected chi connectivity index (χ1v) is 4.44. The van der Waals surface area contributed by atoms with Gasteiger partial charge in [0.2, 0.25) is 5.88 Å². The van der Waals surface area contributed by atoms with Crippen molar-refractivity contribution in [2.24, 2.45) is 7.05 Å². The van der Waals surface area contributed by atoms with Crippen molar-refractivity contribution in [1.82, 2.24) is 9.78 Å². The van der Waals surface area contributed by atoms with Crippen molar-refractivity contribution in [1.29, 1.82) is 0 Å². The summed E-state index contributed by atoms with van der Waals surface area (Å²) in [7, 11) is 5.43. The number of methoxy groups -OCH3 is 1. The third-order valence-electron chi connectivity index (χ3n) is 2.30. The van der Waals surface area contributed by atoms with E-state index in [0.717, 1.165) is 16.6 Å². The maximum Gasteiger partial charge on any atom is 0.240 e. The minimum Gasteiger partial charge on any atom is -0.479 e. The van der Waals surface area contributed by atoms with Crippen molar-refractivity contribution in [3.63, 3.8) is 0 Å². The molecule has 0 unspecified atom stereocenters. The molecule has 14 heavy (non-hydrogen) atoms. The quantitative estimate of drug-likeness (QED) is 0.784. The maximum absolute atomic E-state index is 5.19. The van der Waals surface area contributed by atoms with Gasteiger partial charge in [0.25, 0.3) is 0 Å². The van der Waals surface area contributed by atoms with Crippen LogP contribution in [0.3, 0.4) is 0 Å². The number of aryl methyl sites for hydroxylation is 1. The summed E-state index contributed by atoms with van der Waals surface area (Å²) in [6.45, 7) is 0. The van der Waals surface area contributed by atoms with Gasteiger partial charge in [-0.1, -0.05) is 0 Å². The first-order valence-electron chi connectivity index (χ1n) is 4.44. The SMILES string of the molecule is CNc1ccc2c(c1)c(OC)nn2C. The number of nitrogens with zero attached hydrogens (tertiary/aromatic N) is 2. The van der Waals surface area contributed by atoms with Gasteiger partial charge >= 0.3 is 0 Å². The van der Waals surface area contributed by atoms with Crippen LogP contribution >= 0.6 is 0 Å². The highest BCUT2D eigenvalue weighted by Gasteiger charge is 2.08. The molecule has 2 rings (SSSR count). The standard InChI is InChI=1S/C10H13N3O/c1-11-7-4-5-9-8(6-7)10(14-3)12-13(9)2/h4-6,11H,1-3H3. The Morgan fingerprint density at radius 1 is 1.43 bits per heavy atom. The molecule has 2 aromatic rings. The van der Waals surface area contributed by atoms with Gasteiger partial charge in [-0.3, -0.25) is 4.68 Å². The van der Waals surface area contributed by atoms with Gasteiger partial charge in [0.1, 0.15) is 0 Å². The molecule has 0 saturated carbocycles. The number of nitrogens with one attached hydrogen (secondary N) is 1. The molecule has 4 heteroatoms. The fourth-order valence-corrected chi connectivity index (χ4v) is 1.54. The zero-order valence-electron chi connectivity index (χ0n) is 8.53. The second-order valence-electron chi connectivity index (χ2n) is 3.11. The highest BCUT2D eigenvalue weighted by Crippen LogP contribution is 2.26. The molecule has 74 valence electrons. The molecule has 0 atom stereocenters. The number of hydrogen-bond acceptors (Lipinski definition) is 3. The van der Waals surface area contributed by atoms with Gasteiger partial charge in [0.05, 0.1) is 18.0 Å². The zero-order valence-corrected chi connectivity index (χ0v) is 8.53. The summed E-state index contributed by atoms with van der Waals surface area (Å²) < 4.78 is 7.00. The summed E-state index contributed by atoms with van der Waals surface area (Å²) in [6.07, 6.45) is 0. The Labute approximate surface area is 82.5 Å². The van der Waals surface area contributed by atoms with E-state index < -0.39 is 0 Å². The van der Waals surface area contributed by atoms with Crippen LogP contribution in [0.15, 0.2) is 18.2 Å². The number of hydrogen-bond donors (Lipinski definition) is 1. The summed E-state index contributed by atoms with van der Waals surface area (Å²) in [5.41, 5.74) is 2.13. The molecule has 0 amide bonds. The average Bonchev–Trinajstić information content (AvgIpc) is 2.55. The van der Waals surface area contributed by atoms with Gasteiger partial charge in [0.15, 0.2) is 0 Å². The van der Waals surface area contributed by atoms with Gasteiger partial charge in [-0.05, 0) is 18.2 Å². The molecule has 0 aliphatic rings. The van der Waals surface area contributed by atoms with Gasteiger partial charge in [-0.15, -0.1) is 5.10 Å². The number of fused-ring (bicyclic) bond motifs is 1. The summed E-state index contributed by atoms with van der Waals surface area (Å²) in [6, 6.07) is 6.07. The Bertz CT molecular complexity index is 462. The number of ether oxygens (including phenoxy) is 1. The maximum atomic E-state index is 5.19. The highest BCUT2D eigenvalue weighted by atomic mass is 16.5. The van der Waals surface area contributed by atoms with Crippen LogP contribution in [0.25, 0.3) is 10.9 Å². The zero-order chi connectivity index (χ0) is 10.1. The van der Waals surface area contributed by atoms with Crippen LogP contribution in [0.5, 0.6) is 5.88 Å². The lowest BCUT2D eigenvalue weighted by molar-refractivity contribution is 0.396. The second kappa shape index (κ2) is 3.21. The summed E-state index contributed by atoms with van der Waals surface area (Å²) in [5, 5.41) is 8.37. The summed E-state index contributed by atoms with van der Waals surface area (Å²) in [4.78, 5) is 0. The van der Waals surface area contributed by atoms with Gasteiger partial charge < -0.3 is 10.1 Å². The Kier molecular flexibility index (Phi) is 2.04. The molecule has 1 aromatic carbocycles. The van der Waals surface area contributed by atoms with E-state index in [-0.39, 0.29) is 0 Å². The van der Waals surface area contributed by atoms with Gasteiger partial charge in [0, 0.05) is 19.8 Å². The lowest BCUT2D eigenvalue weighted by Gasteiger charge is -2.00. The number of benzene rings is 1. The fraction of sp³-hybridized carbons (Fsp3) is 0.300. The molecule has 4 nitrogen and oxygen atoms in total. The molecular formula is C10H13N3O. The molecule has 1 heterocycles. The molecule has 0 aliphatic heterocycles. The van der Waals surface area contributed by atoms with Crippen LogP contribution in [0.1, 0.15) is 0 Å². The van der Waals surface area contributed by atoms with Crippen molar-refractivity contribution in [3.05, 3.63) is 18.2 Å². The van der Waals surface area contributed by atoms with E-state index in [4.69, 9.17) is 4.74 Å². The third-order valence-corrected chi connectivity index (χ3v) is 2.30. The van der Waals surface area contributed by atoms with Crippen LogP contribution in [-0.2, 0) is 7.05 Å². The Morgan fingerprint density at radius 2 is 2.21 bits per heavy atom. The number of rotatable bonds is 2. The average molecular weight is 191 g/mol. The molecule has 1 aromatic heterocycles. The van der Waals surface area contributed by atoms with E-state index in [1.807, 2.05) is 37.0 Å². The van der Waals surface area contributed by atoms with Crippen LogP contribution in [0.4, 0.5) is 5.69 Å². The smallest absolute Gasteiger partial charge is 0.240 e. The monoisotopic (exact) mass is 191 g/mol. The Hall–Kier alpha value is -1.71. The normalized spacial score (nSPS) is 10.5. The topological polar surface area (TPSA) is 39.1 Å². The van der Waals surface area contributed by atoms with Crippen molar-refractivity contribution in [3.8, 4) is 5.88 Å². The first kappa shape index (κ1) is 8.87. The molecule has 0 bridgehead atoms. The number of anilines is 1. The molecule has 0 spiro atoms. The van der Waals surface area contributed by atoms with E-state index >= 15 is 0 Å². The predicted octanol–water partition coefficient (Wildman–Crippen LogP) is 1.62. The minimum atomic E-state index is 0.666. The molecule has 0 fully saturated rings. The Morgan fingerprint density at radius 3 is 2.86 bits per heavy atom. The van der Waals surface area contributed by atoms with E-state index in [2.05, 4.69) is 10.4 Å². The van der Waals surface area contributed by atoms with Gasteiger partial charge in [-0.2, -0.15) is 0 Å². The van der Waals surface area contributed by atoms with Gasteiger partial charge in [-0.25, -0.2) is 0 Å². The van der Waals surface area contributed by atoms with Crippen LogP contribution in [0.2, 0.25) is 0 Å². The molecular weight excluding hydrogens is 178 g/mol. The first-order chi connectivity index (χ1) is 6.76. The molecule has 1 N–H and O–H groups in total. The van der Waals surface area contributed by atoms with E-state index in [9.17, 15) is 0 Å². The Balaban J connectivity index is 2.71. The lowest BCUT2D eigenvalue weighted by atomic mass is 10.2. The molecule has 0 saturated heterocycles. The third kappa shape index (κ3) is 1.19. The second-order valence-corrected chi connectivity index (χ2v) is 3.11. The number of aromatic nitrogens is 2. The largest absolute Gasteiger partial charge is 0.479 e. The van der Waals surface area contributed by atoms with Crippen molar-refractivity contribution < 1.29 is 4.74 Å². The highest BCUT2D eigenvalue weighted by molar-refractivity contribution is 5.87. The van der Waals surface area contributed by atoms with Crippen molar-refractivity contribution in [2.75, 3.05) is 19.5 Å². The van der Waals surface area contributed by atoms with E-state index in [1.54, 1.807) is 7.11 Å². The summed E-state index contributed by atoms with van der Waals surface area (Å²) in [5.74, 6) is 0.666. The van der Waals surface area contributed by atoms with Crippen LogP contribution < -0.4 is 10.1 Å². The molecule has 0 radical (unpaired) electrons. The lowest BCUT2D eigenvalue weighted by Crippen LogP contribution is -1.90. The summed E-state index contributed by atoms with van der Waals surface area (Å²) >= 11 is 0.